The van der Waals surface area contributed by atoms with Crippen molar-refractivity contribution < 1.29 is 28.9 Å². The van der Waals surface area contributed by atoms with Crippen LogP contribution in [0.4, 0.5) is 5.69 Å². The number of anilines is 1. The van der Waals surface area contributed by atoms with Gasteiger partial charge in [0.1, 0.15) is 11.5 Å². The Hall–Kier alpha value is -3.97. The summed E-state index contributed by atoms with van der Waals surface area (Å²) in [6.45, 7) is 8.32. The van der Waals surface area contributed by atoms with E-state index in [0.717, 1.165) is 5.56 Å². The monoisotopic (exact) mass is 549 g/mol. The normalized spacial score (nSPS) is 16.6. The van der Waals surface area contributed by atoms with E-state index in [1.165, 1.54) is 19.1 Å². The Bertz CT molecular complexity index is 1460. The smallest absolute Gasteiger partial charge is 0.300 e. The predicted molar refractivity (Wildman–Crippen MR) is 152 cm³/mol. The standard InChI is InChI=1S/C31H32ClNO6/c1-17(2)16-39-24-12-11-21(14-18(24)3)29(34)27-28(20-10-13-25(37-5)26(15-20)38-6)33(31(36)30(27)35)23-9-7-8-22(32)19(23)4/h7-15,17,28,34H,16H2,1-6H3/b29-27+. The van der Waals surface area contributed by atoms with Crippen molar-refractivity contribution >= 4 is 34.7 Å². The van der Waals surface area contributed by atoms with E-state index in [2.05, 4.69) is 13.8 Å². The molecule has 4 rings (SSSR count). The first kappa shape index (κ1) is 28.0. The number of ether oxygens (including phenoxy) is 3. The van der Waals surface area contributed by atoms with E-state index in [4.69, 9.17) is 25.8 Å². The Balaban J connectivity index is 1.92. The summed E-state index contributed by atoms with van der Waals surface area (Å²) >= 11 is 6.40. The number of carbonyl (C=O) groups is 2. The molecule has 1 saturated heterocycles. The van der Waals surface area contributed by atoms with Crippen molar-refractivity contribution in [2.75, 3.05) is 25.7 Å². The second kappa shape index (κ2) is 11.4. The van der Waals surface area contributed by atoms with Crippen LogP contribution in [0.25, 0.3) is 5.76 Å². The molecule has 3 aromatic rings. The number of amides is 1. The summed E-state index contributed by atoms with van der Waals surface area (Å²) in [4.78, 5) is 28.5. The van der Waals surface area contributed by atoms with Crippen LogP contribution in [0.5, 0.6) is 17.2 Å². The van der Waals surface area contributed by atoms with Crippen molar-refractivity contribution in [3.05, 3.63) is 87.4 Å². The van der Waals surface area contributed by atoms with Crippen LogP contribution in [0, 0.1) is 19.8 Å². The first-order chi connectivity index (χ1) is 18.6. The Labute approximate surface area is 233 Å². The van der Waals surface area contributed by atoms with Gasteiger partial charge >= 0.3 is 0 Å². The number of methoxy groups -OCH3 is 2. The number of aliphatic hydroxyl groups excluding tert-OH is 1. The van der Waals surface area contributed by atoms with Gasteiger partial charge in [-0.15, -0.1) is 0 Å². The van der Waals surface area contributed by atoms with Gasteiger partial charge in [0.25, 0.3) is 11.7 Å². The maximum atomic E-state index is 13.6. The molecule has 1 aliphatic rings. The minimum atomic E-state index is -0.945. The van der Waals surface area contributed by atoms with E-state index in [1.807, 2.05) is 6.92 Å². The average molecular weight is 550 g/mol. The number of Topliss-reactive ketones (excluding diaryl/α,β-unsaturated/α-hetero) is 1. The fourth-order valence-electron chi connectivity index (χ4n) is 4.65. The zero-order valence-corrected chi connectivity index (χ0v) is 23.6. The van der Waals surface area contributed by atoms with Crippen LogP contribution in [0.2, 0.25) is 5.02 Å². The highest BCUT2D eigenvalue weighted by molar-refractivity contribution is 6.52. The van der Waals surface area contributed by atoms with Gasteiger partial charge in [0.2, 0.25) is 0 Å². The van der Waals surface area contributed by atoms with Crippen molar-refractivity contribution in [3.63, 3.8) is 0 Å². The number of halogens is 1. The van der Waals surface area contributed by atoms with Crippen LogP contribution in [-0.2, 0) is 9.59 Å². The Morgan fingerprint density at radius 1 is 0.974 bits per heavy atom. The third kappa shape index (κ3) is 5.32. The van der Waals surface area contributed by atoms with Gasteiger partial charge in [-0.25, -0.2) is 0 Å². The average Bonchev–Trinajstić information content (AvgIpc) is 3.18. The fraction of sp³-hybridized carbons (Fsp3) is 0.290. The molecule has 0 bridgehead atoms. The molecule has 0 aliphatic carbocycles. The van der Waals surface area contributed by atoms with Gasteiger partial charge < -0.3 is 19.3 Å². The lowest BCUT2D eigenvalue weighted by Crippen LogP contribution is -2.30. The molecule has 8 heteroatoms. The minimum absolute atomic E-state index is 0.0400. The zero-order valence-electron chi connectivity index (χ0n) is 22.9. The van der Waals surface area contributed by atoms with Gasteiger partial charge in [0, 0.05) is 16.3 Å². The number of nitrogens with zero attached hydrogens (tertiary/aromatic N) is 1. The van der Waals surface area contributed by atoms with Gasteiger partial charge in [0.05, 0.1) is 32.4 Å². The molecule has 1 fully saturated rings. The second-order valence-corrected chi connectivity index (χ2v) is 10.3. The van der Waals surface area contributed by atoms with Gasteiger partial charge in [-0.1, -0.05) is 37.6 Å². The number of ketones is 1. The van der Waals surface area contributed by atoms with Crippen LogP contribution in [-0.4, -0.2) is 37.6 Å². The molecule has 0 saturated carbocycles. The van der Waals surface area contributed by atoms with E-state index in [1.54, 1.807) is 61.5 Å². The largest absolute Gasteiger partial charge is 0.507 e. The molecule has 0 radical (unpaired) electrons. The molecular weight excluding hydrogens is 518 g/mol. The molecular formula is C31H32ClNO6. The summed E-state index contributed by atoms with van der Waals surface area (Å²) in [6.07, 6.45) is 0. The van der Waals surface area contributed by atoms with Crippen molar-refractivity contribution in [3.8, 4) is 17.2 Å². The van der Waals surface area contributed by atoms with E-state index in [0.29, 0.717) is 57.2 Å². The topological polar surface area (TPSA) is 85.3 Å². The van der Waals surface area contributed by atoms with Crippen LogP contribution in [0.3, 0.4) is 0 Å². The van der Waals surface area contributed by atoms with Crippen LogP contribution < -0.4 is 19.1 Å². The van der Waals surface area contributed by atoms with Crippen LogP contribution >= 0.6 is 11.6 Å². The highest BCUT2D eigenvalue weighted by Gasteiger charge is 2.47. The lowest BCUT2D eigenvalue weighted by molar-refractivity contribution is -0.132. The highest BCUT2D eigenvalue weighted by Crippen LogP contribution is 2.45. The molecule has 7 nitrogen and oxygen atoms in total. The predicted octanol–water partition coefficient (Wildman–Crippen LogP) is 6.64. The van der Waals surface area contributed by atoms with E-state index >= 15 is 0 Å². The number of rotatable bonds is 8. The van der Waals surface area contributed by atoms with Crippen LogP contribution in [0.15, 0.2) is 60.2 Å². The first-order valence-electron chi connectivity index (χ1n) is 12.6. The molecule has 1 unspecified atom stereocenters. The highest BCUT2D eigenvalue weighted by atomic mass is 35.5. The second-order valence-electron chi connectivity index (χ2n) is 9.85. The maximum absolute atomic E-state index is 13.6. The summed E-state index contributed by atoms with van der Waals surface area (Å²) in [7, 11) is 3.03. The summed E-state index contributed by atoms with van der Waals surface area (Å²) in [6, 6.07) is 14.5. The maximum Gasteiger partial charge on any atom is 0.300 e. The number of aliphatic hydroxyl groups is 1. The third-order valence-corrected chi connectivity index (χ3v) is 7.10. The number of benzene rings is 3. The SMILES string of the molecule is COc1ccc(C2/C(=C(\O)c3ccc(OCC(C)C)c(C)c3)C(=O)C(=O)N2c2cccc(Cl)c2C)cc1OC. The molecule has 0 aromatic heterocycles. The number of aryl methyl sites for hydroxylation is 1. The Kier molecular flexibility index (Phi) is 8.21. The Morgan fingerprint density at radius 3 is 2.31 bits per heavy atom. The van der Waals surface area contributed by atoms with E-state index in [-0.39, 0.29) is 11.3 Å². The van der Waals surface area contributed by atoms with Crippen LogP contribution in [0.1, 0.15) is 42.1 Å². The third-order valence-electron chi connectivity index (χ3n) is 6.69. The fourth-order valence-corrected chi connectivity index (χ4v) is 4.82. The van der Waals surface area contributed by atoms with Crippen molar-refractivity contribution in [2.24, 2.45) is 5.92 Å². The number of hydrogen-bond acceptors (Lipinski definition) is 6. The molecule has 1 aliphatic heterocycles. The van der Waals surface area contributed by atoms with Crippen molar-refractivity contribution in [1.29, 1.82) is 0 Å². The lowest BCUT2D eigenvalue weighted by Gasteiger charge is -2.27. The molecule has 1 amide bonds. The van der Waals surface area contributed by atoms with Gasteiger partial charge in [-0.05, 0) is 78.9 Å². The zero-order chi connectivity index (χ0) is 28.4. The van der Waals surface area contributed by atoms with Crippen molar-refractivity contribution in [2.45, 2.75) is 33.7 Å². The minimum Gasteiger partial charge on any atom is -0.507 e. The Morgan fingerprint density at radius 2 is 1.67 bits per heavy atom. The van der Waals surface area contributed by atoms with E-state index < -0.39 is 17.7 Å². The van der Waals surface area contributed by atoms with Crippen molar-refractivity contribution in [1.82, 2.24) is 0 Å². The summed E-state index contributed by atoms with van der Waals surface area (Å²) in [5.74, 6) is 0.0980. The quantitative estimate of drug-likeness (QED) is 0.193. The molecule has 204 valence electrons. The molecule has 3 aromatic carbocycles. The summed E-state index contributed by atoms with van der Waals surface area (Å²) < 4.78 is 16.7. The molecule has 39 heavy (non-hydrogen) atoms. The molecule has 1 heterocycles. The molecule has 0 spiro atoms. The number of carbonyl (C=O) groups excluding carboxylic acids is 2. The van der Waals surface area contributed by atoms with Gasteiger partial charge in [-0.3, -0.25) is 14.5 Å². The lowest BCUT2D eigenvalue weighted by atomic mass is 9.94. The first-order valence-corrected chi connectivity index (χ1v) is 13.0. The van der Waals surface area contributed by atoms with E-state index in [9.17, 15) is 14.7 Å². The summed E-state index contributed by atoms with van der Waals surface area (Å²) in [5.41, 5.74) is 2.81. The molecule has 1 atom stereocenters. The summed E-state index contributed by atoms with van der Waals surface area (Å²) in [5, 5.41) is 12.0. The molecule has 1 N–H and O–H groups in total. The van der Waals surface area contributed by atoms with Gasteiger partial charge in [0.15, 0.2) is 11.5 Å². The number of hydrogen-bond donors (Lipinski definition) is 1. The van der Waals surface area contributed by atoms with Gasteiger partial charge in [-0.2, -0.15) is 0 Å².